The molecule has 1 heterocycles. The summed E-state index contributed by atoms with van der Waals surface area (Å²) >= 11 is 0. The fraction of sp³-hybridized carbons (Fsp3) is 0.182. The predicted molar refractivity (Wildman–Crippen MR) is 55.7 cm³/mol. The lowest BCUT2D eigenvalue weighted by atomic mass is 10.1. The summed E-state index contributed by atoms with van der Waals surface area (Å²) in [6, 6.07) is 9.91. The molecule has 14 heavy (non-hydrogen) atoms. The van der Waals surface area contributed by atoms with Crippen molar-refractivity contribution >= 4 is 5.88 Å². The van der Waals surface area contributed by atoms with Crippen molar-refractivity contribution in [1.29, 1.82) is 0 Å². The van der Waals surface area contributed by atoms with Crippen molar-refractivity contribution in [1.82, 2.24) is 5.16 Å². The summed E-state index contributed by atoms with van der Waals surface area (Å²) in [5.41, 5.74) is 8.54. The van der Waals surface area contributed by atoms with E-state index >= 15 is 0 Å². The number of nitrogen functional groups attached to an aromatic ring is 1. The van der Waals surface area contributed by atoms with Gasteiger partial charge in [-0.1, -0.05) is 42.4 Å². The van der Waals surface area contributed by atoms with Crippen molar-refractivity contribution in [2.24, 2.45) is 0 Å². The first-order valence-electron chi connectivity index (χ1n) is 4.62. The van der Waals surface area contributed by atoms with Crippen LogP contribution < -0.4 is 5.73 Å². The smallest absolute Gasteiger partial charge is 0.225 e. The molecule has 0 amide bonds. The van der Waals surface area contributed by atoms with Gasteiger partial charge in [-0.05, 0) is 6.42 Å². The third kappa shape index (κ3) is 1.37. The number of benzene rings is 1. The standard InChI is InChI=1S/C11H12N2O/c1-2-9-10(13-14-11(9)12)8-6-4-3-5-7-8/h3-7H,2,12H2,1H3. The molecule has 1 aromatic heterocycles. The van der Waals surface area contributed by atoms with E-state index in [1.807, 2.05) is 37.3 Å². The van der Waals surface area contributed by atoms with Gasteiger partial charge in [0.05, 0.1) is 0 Å². The second-order valence-corrected chi connectivity index (χ2v) is 3.09. The van der Waals surface area contributed by atoms with Crippen LogP contribution in [0.1, 0.15) is 12.5 Å². The molecule has 0 aliphatic rings. The summed E-state index contributed by atoms with van der Waals surface area (Å²) in [4.78, 5) is 0. The van der Waals surface area contributed by atoms with E-state index in [0.717, 1.165) is 23.2 Å². The second-order valence-electron chi connectivity index (χ2n) is 3.09. The number of anilines is 1. The minimum atomic E-state index is 0.423. The monoisotopic (exact) mass is 188 g/mol. The molecular formula is C11H12N2O. The molecule has 0 radical (unpaired) electrons. The zero-order chi connectivity index (χ0) is 9.97. The number of nitrogens with zero attached hydrogens (tertiary/aromatic N) is 1. The number of rotatable bonds is 2. The van der Waals surface area contributed by atoms with Gasteiger partial charge in [0, 0.05) is 11.1 Å². The molecule has 0 bridgehead atoms. The molecule has 2 aromatic rings. The van der Waals surface area contributed by atoms with Crippen LogP contribution >= 0.6 is 0 Å². The van der Waals surface area contributed by atoms with Crippen LogP contribution in [0.4, 0.5) is 5.88 Å². The number of hydrogen-bond donors (Lipinski definition) is 1. The zero-order valence-corrected chi connectivity index (χ0v) is 8.03. The normalized spacial score (nSPS) is 10.4. The van der Waals surface area contributed by atoms with Crippen LogP contribution in [0.3, 0.4) is 0 Å². The molecule has 1 aromatic carbocycles. The minimum Gasteiger partial charge on any atom is -0.367 e. The molecule has 0 unspecified atom stereocenters. The largest absolute Gasteiger partial charge is 0.367 e. The van der Waals surface area contributed by atoms with Crippen LogP contribution in [0.5, 0.6) is 0 Å². The van der Waals surface area contributed by atoms with Crippen molar-refractivity contribution in [3.63, 3.8) is 0 Å². The van der Waals surface area contributed by atoms with E-state index in [1.54, 1.807) is 0 Å². The van der Waals surface area contributed by atoms with Gasteiger partial charge in [0.1, 0.15) is 5.69 Å². The maximum absolute atomic E-state index is 5.66. The van der Waals surface area contributed by atoms with Gasteiger partial charge in [-0.3, -0.25) is 0 Å². The molecule has 0 aliphatic carbocycles. The Morgan fingerprint density at radius 1 is 1.29 bits per heavy atom. The van der Waals surface area contributed by atoms with Gasteiger partial charge in [0.15, 0.2) is 0 Å². The highest BCUT2D eigenvalue weighted by atomic mass is 16.5. The minimum absolute atomic E-state index is 0.423. The summed E-state index contributed by atoms with van der Waals surface area (Å²) in [6.45, 7) is 2.04. The third-order valence-corrected chi connectivity index (χ3v) is 2.22. The van der Waals surface area contributed by atoms with E-state index in [0.29, 0.717) is 5.88 Å². The first-order chi connectivity index (χ1) is 6.83. The summed E-state index contributed by atoms with van der Waals surface area (Å²) in [7, 11) is 0. The fourth-order valence-electron chi connectivity index (χ4n) is 1.49. The molecule has 0 spiro atoms. The summed E-state index contributed by atoms with van der Waals surface area (Å²) in [6.07, 6.45) is 0.833. The van der Waals surface area contributed by atoms with Gasteiger partial charge in [-0.2, -0.15) is 0 Å². The van der Waals surface area contributed by atoms with Gasteiger partial charge in [-0.15, -0.1) is 0 Å². The number of hydrogen-bond acceptors (Lipinski definition) is 3. The van der Waals surface area contributed by atoms with E-state index in [9.17, 15) is 0 Å². The second kappa shape index (κ2) is 3.54. The molecule has 0 fully saturated rings. The molecule has 2 N–H and O–H groups in total. The van der Waals surface area contributed by atoms with Crippen molar-refractivity contribution in [2.45, 2.75) is 13.3 Å². The van der Waals surface area contributed by atoms with E-state index in [-0.39, 0.29) is 0 Å². The van der Waals surface area contributed by atoms with Crippen LogP contribution in [0.25, 0.3) is 11.3 Å². The van der Waals surface area contributed by atoms with Crippen LogP contribution in [0.2, 0.25) is 0 Å². The molecule has 2 rings (SSSR count). The molecule has 72 valence electrons. The SMILES string of the molecule is CCc1c(-c2ccccc2)noc1N. The highest BCUT2D eigenvalue weighted by Crippen LogP contribution is 2.26. The van der Waals surface area contributed by atoms with Crippen molar-refractivity contribution in [3.05, 3.63) is 35.9 Å². The number of nitrogens with two attached hydrogens (primary N) is 1. The predicted octanol–water partition coefficient (Wildman–Crippen LogP) is 2.49. The average Bonchev–Trinajstić information content (AvgIpc) is 2.61. The summed E-state index contributed by atoms with van der Waals surface area (Å²) in [5.74, 6) is 0.423. The summed E-state index contributed by atoms with van der Waals surface area (Å²) in [5, 5.41) is 3.96. The average molecular weight is 188 g/mol. The Bertz CT molecular complexity index is 420. The Labute approximate surface area is 82.5 Å². The van der Waals surface area contributed by atoms with Crippen LogP contribution in [-0.4, -0.2) is 5.16 Å². The van der Waals surface area contributed by atoms with Gasteiger partial charge in [-0.25, -0.2) is 0 Å². The van der Waals surface area contributed by atoms with Crippen LogP contribution in [-0.2, 0) is 6.42 Å². The van der Waals surface area contributed by atoms with Crippen LogP contribution in [0, 0.1) is 0 Å². The Hall–Kier alpha value is -1.77. The Kier molecular flexibility index (Phi) is 2.23. The third-order valence-electron chi connectivity index (χ3n) is 2.22. The summed E-state index contributed by atoms with van der Waals surface area (Å²) < 4.78 is 4.97. The maximum atomic E-state index is 5.66. The van der Waals surface area contributed by atoms with Crippen LogP contribution in [0.15, 0.2) is 34.9 Å². The maximum Gasteiger partial charge on any atom is 0.225 e. The van der Waals surface area contributed by atoms with Gasteiger partial charge in [0.25, 0.3) is 0 Å². The van der Waals surface area contributed by atoms with E-state index in [2.05, 4.69) is 5.16 Å². The van der Waals surface area contributed by atoms with E-state index < -0.39 is 0 Å². The first kappa shape index (κ1) is 8.81. The molecule has 0 saturated carbocycles. The lowest BCUT2D eigenvalue weighted by Crippen LogP contribution is -1.89. The lowest BCUT2D eigenvalue weighted by molar-refractivity contribution is 0.438. The van der Waals surface area contributed by atoms with E-state index in [4.69, 9.17) is 10.3 Å². The van der Waals surface area contributed by atoms with Gasteiger partial charge in [0.2, 0.25) is 5.88 Å². The van der Waals surface area contributed by atoms with Gasteiger partial charge < -0.3 is 10.3 Å². The van der Waals surface area contributed by atoms with Crippen molar-refractivity contribution in [2.75, 3.05) is 5.73 Å². The Balaban J connectivity index is 2.52. The fourth-order valence-corrected chi connectivity index (χ4v) is 1.49. The van der Waals surface area contributed by atoms with Gasteiger partial charge >= 0.3 is 0 Å². The van der Waals surface area contributed by atoms with Crippen molar-refractivity contribution in [3.8, 4) is 11.3 Å². The molecule has 3 heteroatoms. The quantitative estimate of drug-likeness (QED) is 0.787. The molecule has 3 nitrogen and oxygen atoms in total. The van der Waals surface area contributed by atoms with Crippen molar-refractivity contribution < 1.29 is 4.52 Å². The topological polar surface area (TPSA) is 52.0 Å². The molecule has 0 aliphatic heterocycles. The highest BCUT2D eigenvalue weighted by Gasteiger charge is 2.12. The highest BCUT2D eigenvalue weighted by molar-refractivity contribution is 5.66. The lowest BCUT2D eigenvalue weighted by Gasteiger charge is -1.97. The first-order valence-corrected chi connectivity index (χ1v) is 4.62. The number of aromatic nitrogens is 1. The Morgan fingerprint density at radius 3 is 2.64 bits per heavy atom. The molecular weight excluding hydrogens is 176 g/mol. The van der Waals surface area contributed by atoms with E-state index in [1.165, 1.54) is 0 Å². The Morgan fingerprint density at radius 2 is 2.00 bits per heavy atom. The molecule has 0 saturated heterocycles. The zero-order valence-electron chi connectivity index (χ0n) is 8.03. The molecule has 0 atom stereocenters.